The van der Waals surface area contributed by atoms with Gasteiger partial charge in [-0.25, -0.2) is 0 Å². The maximum atomic E-state index is 9.52. The van der Waals surface area contributed by atoms with E-state index in [1.807, 2.05) is 18.2 Å². The molecule has 1 fully saturated rings. The Labute approximate surface area is 122 Å². The van der Waals surface area contributed by atoms with Crippen LogP contribution in [-0.4, -0.2) is 21.4 Å². The van der Waals surface area contributed by atoms with Crippen LogP contribution in [0.3, 0.4) is 0 Å². The van der Waals surface area contributed by atoms with Gasteiger partial charge in [0.2, 0.25) is 5.89 Å². The lowest BCUT2D eigenvalue weighted by Crippen LogP contribution is -2.17. The molecule has 4 nitrogen and oxygen atoms in total. The normalized spacial score (nSPS) is 22.9. The molecule has 0 unspecified atom stereocenters. The number of rotatable bonds is 4. The fourth-order valence-corrected chi connectivity index (χ4v) is 3.24. The fraction of sp³-hybridized carbons (Fsp3) is 0.467. The fourth-order valence-electron chi connectivity index (χ4n) is 2.48. The number of thioether (sulfide) groups is 1. The summed E-state index contributed by atoms with van der Waals surface area (Å²) < 4.78 is 5.37. The SMILES string of the molecule is OC1CCC(c2nc(CSc3ccccc3)no2)CC1. The number of nitrogens with zero attached hydrogens (tertiary/aromatic N) is 2. The Balaban J connectivity index is 1.57. The Morgan fingerprint density at radius 1 is 1.15 bits per heavy atom. The molecule has 0 spiro atoms. The summed E-state index contributed by atoms with van der Waals surface area (Å²) >= 11 is 1.71. The Hall–Kier alpha value is -1.33. The van der Waals surface area contributed by atoms with Crippen molar-refractivity contribution in [2.75, 3.05) is 0 Å². The molecule has 0 bridgehead atoms. The predicted molar refractivity (Wildman–Crippen MR) is 77.5 cm³/mol. The van der Waals surface area contributed by atoms with Gasteiger partial charge >= 0.3 is 0 Å². The minimum absolute atomic E-state index is 0.151. The molecule has 1 aliphatic carbocycles. The zero-order valence-electron chi connectivity index (χ0n) is 11.2. The molecule has 106 valence electrons. The third-order valence-electron chi connectivity index (χ3n) is 3.64. The lowest BCUT2D eigenvalue weighted by Gasteiger charge is -2.22. The van der Waals surface area contributed by atoms with Gasteiger partial charge in [0.25, 0.3) is 0 Å². The molecule has 0 radical (unpaired) electrons. The lowest BCUT2D eigenvalue weighted by molar-refractivity contribution is 0.116. The van der Waals surface area contributed by atoms with Crippen LogP contribution >= 0.6 is 11.8 Å². The zero-order valence-corrected chi connectivity index (χ0v) is 12.1. The van der Waals surface area contributed by atoms with Crippen LogP contribution in [-0.2, 0) is 5.75 Å². The van der Waals surface area contributed by atoms with Gasteiger partial charge in [-0.15, -0.1) is 11.8 Å². The maximum absolute atomic E-state index is 9.52. The molecule has 3 rings (SSSR count). The minimum Gasteiger partial charge on any atom is -0.393 e. The van der Waals surface area contributed by atoms with E-state index in [4.69, 9.17) is 4.52 Å². The van der Waals surface area contributed by atoms with Crippen molar-refractivity contribution in [1.29, 1.82) is 0 Å². The summed E-state index contributed by atoms with van der Waals surface area (Å²) in [6.45, 7) is 0. The van der Waals surface area contributed by atoms with E-state index in [-0.39, 0.29) is 6.10 Å². The number of aromatic nitrogens is 2. The topological polar surface area (TPSA) is 59.2 Å². The molecule has 0 saturated heterocycles. The predicted octanol–water partition coefficient (Wildman–Crippen LogP) is 3.38. The highest BCUT2D eigenvalue weighted by Gasteiger charge is 2.25. The van der Waals surface area contributed by atoms with Gasteiger partial charge < -0.3 is 9.63 Å². The third-order valence-corrected chi connectivity index (χ3v) is 4.65. The largest absolute Gasteiger partial charge is 0.393 e. The van der Waals surface area contributed by atoms with E-state index in [0.29, 0.717) is 5.92 Å². The summed E-state index contributed by atoms with van der Waals surface area (Å²) in [5, 5.41) is 13.6. The quantitative estimate of drug-likeness (QED) is 0.875. The monoisotopic (exact) mass is 290 g/mol. The van der Waals surface area contributed by atoms with E-state index in [1.165, 1.54) is 4.90 Å². The van der Waals surface area contributed by atoms with Crippen LogP contribution in [0.2, 0.25) is 0 Å². The zero-order chi connectivity index (χ0) is 13.8. The number of benzene rings is 1. The van der Waals surface area contributed by atoms with Crippen LogP contribution < -0.4 is 0 Å². The summed E-state index contributed by atoms with van der Waals surface area (Å²) in [5.41, 5.74) is 0. The standard InChI is InChI=1S/C15H18N2O2S/c18-12-8-6-11(7-9-12)15-16-14(17-19-15)10-20-13-4-2-1-3-5-13/h1-5,11-12,18H,6-10H2. The lowest BCUT2D eigenvalue weighted by atomic mass is 9.87. The van der Waals surface area contributed by atoms with Crippen LogP contribution in [0, 0.1) is 0 Å². The van der Waals surface area contributed by atoms with Crippen molar-refractivity contribution in [2.24, 2.45) is 0 Å². The van der Waals surface area contributed by atoms with Crippen molar-refractivity contribution in [2.45, 2.75) is 48.4 Å². The number of hydrogen-bond acceptors (Lipinski definition) is 5. The first kappa shape index (κ1) is 13.6. The van der Waals surface area contributed by atoms with Crippen LogP contribution in [0.25, 0.3) is 0 Å². The van der Waals surface area contributed by atoms with E-state index < -0.39 is 0 Å². The van der Waals surface area contributed by atoms with Gasteiger partial charge in [-0.3, -0.25) is 0 Å². The summed E-state index contributed by atoms with van der Waals surface area (Å²) in [6, 6.07) is 10.2. The molecule has 1 saturated carbocycles. The summed E-state index contributed by atoms with van der Waals surface area (Å²) in [6.07, 6.45) is 3.40. The molecule has 1 N–H and O–H groups in total. The smallest absolute Gasteiger partial charge is 0.229 e. The van der Waals surface area contributed by atoms with Crippen LogP contribution in [0.4, 0.5) is 0 Å². The van der Waals surface area contributed by atoms with Crippen LogP contribution in [0.1, 0.15) is 43.3 Å². The molecule has 20 heavy (non-hydrogen) atoms. The van der Waals surface area contributed by atoms with Crippen molar-refractivity contribution in [3.63, 3.8) is 0 Å². The average molecular weight is 290 g/mol. The van der Waals surface area contributed by atoms with Gasteiger partial charge in [0.05, 0.1) is 11.9 Å². The summed E-state index contributed by atoms with van der Waals surface area (Å²) in [7, 11) is 0. The van der Waals surface area contributed by atoms with Crippen LogP contribution in [0.5, 0.6) is 0 Å². The second kappa shape index (κ2) is 6.41. The molecule has 0 amide bonds. The van der Waals surface area contributed by atoms with Gasteiger partial charge in [-0.1, -0.05) is 23.4 Å². The highest BCUT2D eigenvalue weighted by atomic mass is 32.2. The van der Waals surface area contributed by atoms with Crippen molar-refractivity contribution >= 4 is 11.8 Å². The summed E-state index contributed by atoms with van der Waals surface area (Å²) in [4.78, 5) is 5.70. The highest BCUT2D eigenvalue weighted by Crippen LogP contribution is 2.32. The van der Waals surface area contributed by atoms with Gasteiger partial charge in [-0.05, 0) is 37.8 Å². The Bertz CT molecular complexity index is 536. The molecule has 1 aromatic carbocycles. The summed E-state index contributed by atoms with van der Waals surface area (Å²) in [5.74, 6) is 2.53. The first-order chi connectivity index (χ1) is 9.81. The molecule has 1 heterocycles. The first-order valence-electron chi connectivity index (χ1n) is 6.99. The van der Waals surface area contributed by atoms with Gasteiger partial charge in [0, 0.05) is 10.8 Å². The maximum Gasteiger partial charge on any atom is 0.229 e. The van der Waals surface area contributed by atoms with E-state index in [1.54, 1.807) is 11.8 Å². The third kappa shape index (κ3) is 3.41. The van der Waals surface area contributed by atoms with Crippen molar-refractivity contribution in [3.05, 3.63) is 42.0 Å². The van der Waals surface area contributed by atoms with Crippen molar-refractivity contribution < 1.29 is 9.63 Å². The van der Waals surface area contributed by atoms with Gasteiger partial charge in [0.1, 0.15) is 0 Å². The number of aliphatic hydroxyl groups excluding tert-OH is 1. The number of aliphatic hydroxyl groups is 1. The second-order valence-corrected chi connectivity index (χ2v) is 6.20. The Morgan fingerprint density at radius 3 is 2.65 bits per heavy atom. The van der Waals surface area contributed by atoms with Crippen molar-refractivity contribution in [1.82, 2.24) is 10.1 Å². The molecule has 2 aromatic rings. The molecular formula is C15H18N2O2S. The molecule has 0 aliphatic heterocycles. The van der Waals surface area contributed by atoms with E-state index in [9.17, 15) is 5.11 Å². The Morgan fingerprint density at radius 2 is 1.90 bits per heavy atom. The second-order valence-electron chi connectivity index (χ2n) is 5.16. The molecule has 0 atom stereocenters. The first-order valence-corrected chi connectivity index (χ1v) is 7.98. The minimum atomic E-state index is -0.151. The molecule has 1 aromatic heterocycles. The molecule has 1 aliphatic rings. The molecular weight excluding hydrogens is 272 g/mol. The van der Waals surface area contributed by atoms with Gasteiger partial charge in [0.15, 0.2) is 5.82 Å². The number of hydrogen-bond donors (Lipinski definition) is 1. The van der Waals surface area contributed by atoms with Crippen LogP contribution in [0.15, 0.2) is 39.8 Å². The van der Waals surface area contributed by atoms with E-state index in [0.717, 1.165) is 43.2 Å². The van der Waals surface area contributed by atoms with Crippen molar-refractivity contribution in [3.8, 4) is 0 Å². The Kier molecular flexibility index (Phi) is 4.38. The molecule has 5 heteroatoms. The van der Waals surface area contributed by atoms with Gasteiger partial charge in [-0.2, -0.15) is 4.98 Å². The average Bonchev–Trinajstić information content (AvgIpc) is 2.96. The highest BCUT2D eigenvalue weighted by molar-refractivity contribution is 7.98. The van der Waals surface area contributed by atoms with E-state index in [2.05, 4.69) is 22.3 Å². The van der Waals surface area contributed by atoms with E-state index >= 15 is 0 Å².